The second-order valence-corrected chi connectivity index (χ2v) is 4.30. The molecule has 18 heavy (non-hydrogen) atoms. The summed E-state index contributed by atoms with van der Waals surface area (Å²) in [6, 6.07) is 8.60. The molecule has 0 bridgehead atoms. The second kappa shape index (κ2) is 5.60. The first-order valence-corrected chi connectivity index (χ1v) is 5.90. The number of furan rings is 1. The lowest BCUT2D eigenvalue weighted by atomic mass is 10.2. The third kappa shape index (κ3) is 3.28. The number of nitrogens with one attached hydrogen (secondary N) is 1. The minimum atomic E-state index is -0.111. The Kier molecular flexibility index (Phi) is 3.89. The summed E-state index contributed by atoms with van der Waals surface area (Å²) >= 11 is 5.78. The topological polar surface area (TPSA) is 68.3 Å². The summed E-state index contributed by atoms with van der Waals surface area (Å²) in [5.41, 5.74) is 6.77. The van der Waals surface area contributed by atoms with Gasteiger partial charge >= 0.3 is 0 Å². The van der Waals surface area contributed by atoms with E-state index in [-0.39, 0.29) is 5.91 Å². The molecule has 0 aliphatic heterocycles. The van der Waals surface area contributed by atoms with Crippen LogP contribution in [0.5, 0.6) is 0 Å². The van der Waals surface area contributed by atoms with Crippen LogP contribution in [0.15, 0.2) is 41.0 Å². The highest BCUT2D eigenvalue weighted by atomic mass is 35.5. The number of halogens is 1. The van der Waals surface area contributed by atoms with Gasteiger partial charge < -0.3 is 15.5 Å². The fourth-order valence-electron chi connectivity index (χ4n) is 1.55. The van der Waals surface area contributed by atoms with Crippen LogP contribution in [0.4, 0.5) is 11.4 Å². The average molecular weight is 265 g/mol. The van der Waals surface area contributed by atoms with Gasteiger partial charge in [0.15, 0.2) is 0 Å². The Morgan fingerprint density at radius 1 is 1.39 bits per heavy atom. The molecule has 0 saturated carbocycles. The summed E-state index contributed by atoms with van der Waals surface area (Å²) in [7, 11) is 0. The molecule has 3 N–H and O–H groups in total. The first-order chi connectivity index (χ1) is 8.65. The van der Waals surface area contributed by atoms with Crippen molar-refractivity contribution in [1.82, 2.24) is 0 Å². The van der Waals surface area contributed by atoms with Crippen LogP contribution in [0.2, 0.25) is 5.02 Å². The quantitative estimate of drug-likeness (QED) is 0.834. The molecule has 0 atom stereocenters. The van der Waals surface area contributed by atoms with Crippen LogP contribution in [0.25, 0.3) is 0 Å². The number of hydrogen-bond donors (Lipinski definition) is 2. The number of aryl methyl sites for hydroxylation is 1. The van der Waals surface area contributed by atoms with Gasteiger partial charge in [-0.05, 0) is 30.3 Å². The van der Waals surface area contributed by atoms with Gasteiger partial charge in [-0.25, -0.2) is 0 Å². The number of amides is 1. The zero-order chi connectivity index (χ0) is 13.0. The van der Waals surface area contributed by atoms with Gasteiger partial charge in [0.1, 0.15) is 5.76 Å². The second-order valence-electron chi connectivity index (χ2n) is 3.86. The van der Waals surface area contributed by atoms with Crippen LogP contribution in [0, 0.1) is 0 Å². The highest BCUT2D eigenvalue weighted by molar-refractivity contribution is 6.31. The van der Waals surface area contributed by atoms with E-state index < -0.39 is 0 Å². The van der Waals surface area contributed by atoms with Crippen molar-refractivity contribution >= 4 is 28.9 Å². The van der Waals surface area contributed by atoms with Crippen LogP contribution in [-0.2, 0) is 11.2 Å². The van der Waals surface area contributed by atoms with Crippen LogP contribution >= 0.6 is 11.6 Å². The molecule has 4 nitrogen and oxygen atoms in total. The van der Waals surface area contributed by atoms with Gasteiger partial charge in [0.25, 0.3) is 0 Å². The highest BCUT2D eigenvalue weighted by Gasteiger charge is 2.07. The standard InChI is InChI=1S/C13H13ClN2O2/c14-9-3-5-12(11(15)8-9)16-13(17)6-4-10-2-1-7-18-10/h1-3,5,7-8H,4,6,15H2,(H,16,17). The summed E-state index contributed by atoms with van der Waals surface area (Å²) in [5.74, 6) is 0.676. The Hall–Kier alpha value is -1.94. The van der Waals surface area contributed by atoms with Crippen molar-refractivity contribution < 1.29 is 9.21 Å². The van der Waals surface area contributed by atoms with Gasteiger partial charge in [0.2, 0.25) is 5.91 Å². The lowest BCUT2D eigenvalue weighted by Gasteiger charge is -2.07. The van der Waals surface area contributed by atoms with Crippen molar-refractivity contribution in [1.29, 1.82) is 0 Å². The maximum atomic E-state index is 11.7. The van der Waals surface area contributed by atoms with E-state index >= 15 is 0 Å². The minimum absolute atomic E-state index is 0.111. The maximum Gasteiger partial charge on any atom is 0.224 e. The number of hydrogen-bond acceptors (Lipinski definition) is 3. The summed E-state index contributed by atoms with van der Waals surface area (Å²) in [6.45, 7) is 0. The molecule has 0 aliphatic rings. The Bertz CT molecular complexity index is 538. The van der Waals surface area contributed by atoms with E-state index in [9.17, 15) is 4.79 Å². The molecule has 0 saturated heterocycles. The number of rotatable bonds is 4. The normalized spacial score (nSPS) is 10.3. The van der Waals surface area contributed by atoms with Gasteiger partial charge in [0.05, 0.1) is 17.6 Å². The lowest BCUT2D eigenvalue weighted by molar-refractivity contribution is -0.116. The molecule has 2 aromatic rings. The molecule has 1 heterocycles. The third-order valence-electron chi connectivity index (χ3n) is 2.47. The van der Waals surface area contributed by atoms with Crippen molar-refractivity contribution in [2.75, 3.05) is 11.1 Å². The SMILES string of the molecule is Nc1cc(Cl)ccc1NC(=O)CCc1ccco1. The van der Waals surface area contributed by atoms with E-state index in [1.165, 1.54) is 0 Å². The Morgan fingerprint density at radius 2 is 2.22 bits per heavy atom. The average Bonchev–Trinajstić information content (AvgIpc) is 2.83. The number of nitrogens with two attached hydrogens (primary N) is 1. The molecule has 1 amide bonds. The first kappa shape index (κ1) is 12.5. The van der Waals surface area contributed by atoms with E-state index in [2.05, 4.69) is 5.32 Å². The number of nitrogen functional groups attached to an aromatic ring is 1. The van der Waals surface area contributed by atoms with Gasteiger partial charge in [-0.1, -0.05) is 11.6 Å². The Morgan fingerprint density at radius 3 is 2.89 bits per heavy atom. The van der Waals surface area contributed by atoms with E-state index in [1.807, 2.05) is 6.07 Å². The van der Waals surface area contributed by atoms with E-state index in [1.54, 1.807) is 30.5 Å². The monoisotopic (exact) mass is 264 g/mol. The van der Waals surface area contributed by atoms with Crippen LogP contribution in [0.1, 0.15) is 12.2 Å². The number of anilines is 2. The van der Waals surface area contributed by atoms with Gasteiger partial charge in [0, 0.05) is 17.9 Å². The molecular formula is C13H13ClN2O2. The van der Waals surface area contributed by atoms with Crippen molar-refractivity contribution in [3.63, 3.8) is 0 Å². The van der Waals surface area contributed by atoms with E-state index in [4.69, 9.17) is 21.8 Å². The van der Waals surface area contributed by atoms with Crippen LogP contribution < -0.4 is 11.1 Å². The zero-order valence-corrected chi connectivity index (χ0v) is 10.4. The lowest BCUT2D eigenvalue weighted by Crippen LogP contribution is -2.13. The molecule has 0 radical (unpaired) electrons. The van der Waals surface area contributed by atoms with Crippen molar-refractivity contribution in [2.45, 2.75) is 12.8 Å². The largest absolute Gasteiger partial charge is 0.469 e. The van der Waals surface area contributed by atoms with Gasteiger partial charge in [-0.2, -0.15) is 0 Å². The van der Waals surface area contributed by atoms with E-state index in [0.717, 1.165) is 5.76 Å². The molecule has 0 aliphatic carbocycles. The molecule has 5 heteroatoms. The van der Waals surface area contributed by atoms with Gasteiger partial charge in [-0.15, -0.1) is 0 Å². The van der Waals surface area contributed by atoms with Crippen LogP contribution in [0.3, 0.4) is 0 Å². The first-order valence-electron chi connectivity index (χ1n) is 5.52. The fraction of sp³-hybridized carbons (Fsp3) is 0.154. The molecule has 2 rings (SSSR count). The Balaban J connectivity index is 1.91. The Labute approximate surface area is 110 Å². The summed E-state index contributed by atoms with van der Waals surface area (Å²) in [4.78, 5) is 11.7. The maximum absolute atomic E-state index is 11.7. The molecule has 1 aromatic heterocycles. The van der Waals surface area contributed by atoms with Gasteiger partial charge in [-0.3, -0.25) is 4.79 Å². The highest BCUT2D eigenvalue weighted by Crippen LogP contribution is 2.22. The third-order valence-corrected chi connectivity index (χ3v) is 2.70. The number of benzene rings is 1. The predicted molar refractivity (Wildman–Crippen MR) is 71.5 cm³/mol. The van der Waals surface area contributed by atoms with Crippen LogP contribution in [-0.4, -0.2) is 5.91 Å². The smallest absolute Gasteiger partial charge is 0.224 e. The van der Waals surface area contributed by atoms with Crippen molar-refractivity contribution in [3.05, 3.63) is 47.4 Å². The fourth-order valence-corrected chi connectivity index (χ4v) is 1.73. The summed E-state index contributed by atoms with van der Waals surface area (Å²) in [6.07, 6.45) is 2.49. The zero-order valence-electron chi connectivity index (χ0n) is 9.65. The molecular weight excluding hydrogens is 252 g/mol. The number of carbonyl (C=O) groups is 1. The van der Waals surface area contributed by atoms with E-state index in [0.29, 0.717) is 29.2 Å². The molecule has 0 fully saturated rings. The number of carbonyl (C=O) groups excluding carboxylic acids is 1. The molecule has 0 spiro atoms. The molecule has 94 valence electrons. The summed E-state index contributed by atoms with van der Waals surface area (Å²) < 4.78 is 5.15. The van der Waals surface area contributed by atoms with Crippen molar-refractivity contribution in [3.8, 4) is 0 Å². The molecule has 0 unspecified atom stereocenters. The predicted octanol–water partition coefficient (Wildman–Crippen LogP) is 3.09. The summed E-state index contributed by atoms with van der Waals surface area (Å²) in [5, 5.41) is 3.28. The minimum Gasteiger partial charge on any atom is -0.469 e. The molecule has 1 aromatic carbocycles. The van der Waals surface area contributed by atoms with Crippen molar-refractivity contribution in [2.24, 2.45) is 0 Å².